The Morgan fingerprint density at radius 2 is 2.17 bits per heavy atom. The van der Waals surface area contributed by atoms with E-state index in [9.17, 15) is 4.79 Å². The van der Waals surface area contributed by atoms with Gasteiger partial charge in [0.15, 0.2) is 0 Å². The maximum Gasteiger partial charge on any atom is 0.308 e. The lowest BCUT2D eigenvalue weighted by molar-refractivity contribution is -0.151. The van der Waals surface area contributed by atoms with Gasteiger partial charge in [-0.1, -0.05) is 24.3 Å². The van der Waals surface area contributed by atoms with Gasteiger partial charge in [-0.15, -0.1) is 0 Å². The van der Waals surface area contributed by atoms with Crippen molar-refractivity contribution in [3.63, 3.8) is 0 Å². The summed E-state index contributed by atoms with van der Waals surface area (Å²) in [6.45, 7) is 3.67. The molecule has 0 amide bonds. The SMILES string of the molecule is CC(C)(N)CC(=O)OC1CCCc2ccccc21. The van der Waals surface area contributed by atoms with Crippen LogP contribution in [0, 0.1) is 0 Å². The van der Waals surface area contributed by atoms with E-state index in [4.69, 9.17) is 10.5 Å². The predicted octanol–water partition coefficient (Wildman–Crippen LogP) is 2.73. The number of nitrogens with two attached hydrogens (primary N) is 1. The van der Waals surface area contributed by atoms with Gasteiger partial charge in [0, 0.05) is 5.54 Å². The van der Waals surface area contributed by atoms with Crippen LogP contribution in [0.4, 0.5) is 0 Å². The molecular formula is C15H21NO2. The van der Waals surface area contributed by atoms with Crippen molar-refractivity contribution in [2.24, 2.45) is 5.73 Å². The Balaban J connectivity index is 2.05. The maximum absolute atomic E-state index is 11.8. The molecule has 1 aliphatic rings. The summed E-state index contributed by atoms with van der Waals surface area (Å²) in [5.41, 5.74) is 7.79. The van der Waals surface area contributed by atoms with Crippen LogP contribution in [0.1, 0.15) is 50.3 Å². The number of esters is 1. The molecule has 0 aliphatic heterocycles. The molecule has 0 saturated heterocycles. The van der Waals surface area contributed by atoms with E-state index in [0.29, 0.717) is 0 Å². The number of ether oxygens (including phenoxy) is 1. The zero-order valence-electron chi connectivity index (χ0n) is 11.1. The second-order valence-electron chi connectivity index (χ2n) is 5.73. The third-order valence-electron chi connectivity index (χ3n) is 3.19. The van der Waals surface area contributed by atoms with Gasteiger partial charge in [-0.2, -0.15) is 0 Å². The van der Waals surface area contributed by atoms with Gasteiger partial charge in [0.2, 0.25) is 0 Å². The number of rotatable bonds is 3. The topological polar surface area (TPSA) is 52.3 Å². The van der Waals surface area contributed by atoms with E-state index in [-0.39, 0.29) is 18.5 Å². The number of fused-ring (bicyclic) bond motifs is 1. The van der Waals surface area contributed by atoms with E-state index in [1.165, 1.54) is 5.56 Å². The van der Waals surface area contributed by atoms with Crippen LogP contribution in [0.5, 0.6) is 0 Å². The second-order valence-corrected chi connectivity index (χ2v) is 5.73. The van der Waals surface area contributed by atoms with Crippen LogP contribution in [0.2, 0.25) is 0 Å². The van der Waals surface area contributed by atoms with Crippen LogP contribution in [-0.2, 0) is 16.0 Å². The van der Waals surface area contributed by atoms with Crippen molar-refractivity contribution < 1.29 is 9.53 Å². The van der Waals surface area contributed by atoms with Crippen molar-refractivity contribution in [2.75, 3.05) is 0 Å². The minimum Gasteiger partial charge on any atom is -0.457 e. The van der Waals surface area contributed by atoms with Gasteiger partial charge in [0.25, 0.3) is 0 Å². The van der Waals surface area contributed by atoms with Crippen LogP contribution in [0.15, 0.2) is 24.3 Å². The van der Waals surface area contributed by atoms with Crippen molar-refractivity contribution in [1.82, 2.24) is 0 Å². The molecule has 98 valence electrons. The molecule has 0 fully saturated rings. The van der Waals surface area contributed by atoms with E-state index < -0.39 is 5.54 Å². The van der Waals surface area contributed by atoms with Crippen molar-refractivity contribution >= 4 is 5.97 Å². The van der Waals surface area contributed by atoms with Crippen LogP contribution >= 0.6 is 0 Å². The molecule has 0 radical (unpaired) electrons. The number of carbonyl (C=O) groups is 1. The van der Waals surface area contributed by atoms with E-state index in [2.05, 4.69) is 12.1 Å². The van der Waals surface area contributed by atoms with Crippen LogP contribution in [0.25, 0.3) is 0 Å². The van der Waals surface area contributed by atoms with Gasteiger partial charge in [0.05, 0.1) is 6.42 Å². The molecule has 18 heavy (non-hydrogen) atoms. The van der Waals surface area contributed by atoms with Crippen LogP contribution in [0.3, 0.4) is 0 Å². The Morgan fingerprint density at radius 3 is 2.89 bits per heavy atom. The standard InChI is InChI=1S/C15H21NO2/c1-15(2,16)10-14(17)18-13-9-5-7-11-6-3-4-8-12(11)13/h3-4,6,8,13H,5,7,9-10,16H2,1-2H3. The first-order valence-electron chi connectivity index (χ1n) is 6.52. The summed E-state index contributed by atoms with van der Waals surface area (Å²) in [4.78, 5) is 11.8. The molecule has 2 N–H and O–H groups in total. The first kappa shape index (κ1) is 13.1. The predicted molar refractivity (Wildman–Crippen MR) is 71.1 cm³/mol. The minimum absolute atomic E-state index is 0.0928. The van der Waals surface area contributed by atoms with E-state index in [1.54, 1.807) is 0 Å². The minimum atomic E-state index is -0.509. The lowest BCUT2D eigenvalue weighted by Gasteiger charge is -2.26. The zero-order chi connectivity index (χ0) is 13.2. The average Bonchev–Trinajstić information content (AvgIpc) is 2.27. The Bertz CT molecular complexity index is 434. The quantitative estimate of drug-likeness (QED) is 0.836. The zero-order valence-corrected chi connectivity index (χ0v) is 11.1. The molecule has 1 aromatic rings. The fourth-order valence-corrected chi connectivity index (χ4v) is 2.40. The number of carbonyl (C=O) groups excluding carboxylic acids is 1. The number of hydrogen-bond acceptors (Lipinski definition) is 3. The highest BCUT2D eigenvalue weighted by atomic mass is 16.5. The normalized spacial score (nSPS) is 19.2. The fourth-order valence-electron chi connectivity index (χ4n) is 2.40. The molecule has 1 aromatic carbocycles. The average molecular weight is 247 g/mol. The lowest BCUT2D eigenvalue weighted by atomic mass is 9.89. The van der Waals surface area contributed by atoms with Crippen molar-refractivity contribution in [3.8, 4) is 0 Å². The molecular weight excluding hydrogens is 226 g/mol. The van der Waals surface area contributed by atoms with Crippen molar-refractivity contribution in [3.05, 3.63) is 35.4 Å². The summed E-state index contributed by atoms with van der Waals surface area (Å²) < 4.78 is 5.57. The summed E-state index contributed by atoms with van der Waals surface area (Å²) in [5, 5.41) is 0. The summed E-state index contributed by atoms with van der Waals surface area (Å²) in [6.07, 6.45) is 3.22. The molecule has 3 nitrogen and oxygen atoms in total. The Hall–Kier alpha value is -1.35. The first-order chi connectivity index (χ1) is 8.46. The summed E-state index contributed by atoms with van der Waals surface area (Å²) >= 11 is 0. The smallest absolute Gasteiger partial charge is 0.308 e. The van der Waals surface area contributed by atoms with Gasteiger partial charge < -0.3 is 10.5 Å². The molecule has 1 atom stereocenters. The Kier molecular flexibility index (Phi) is 3.71. The second kappa shape index (κ2) is 5.11. The highest BCUT2D eigenvalue weighted by molar-refractivity contribution is 5.71. The largest absolute Gasteiger partial charge is 0.457 e. The van der Waals surface area contributed by atoms with Crippen LogP contribution < -0.4 is 5.73 Å². The monoisotopic (exact) mass is 247 g/mol. The molecule has 2 rings (SSSR count). The van der Waals surface area contributed by atoms with Gasteiger partial charge in [0.1, 0.15) is 6.10 Å². The third-order valence-corrected chi connectivity index (χ3v) is 3.19. The molecule has 0 heterocycles. The Labute approximate surface area is 108 Å². The Morgan fingerprint density at radius 1 is 1.44 bits per heavy atom. The number of benzene rings is 1. The fraction of sp³-hybridized carbons (Fsp3) is 0.533. The number of hydrogen-bond donors (Lipinski definition) is 1. The number of aryl methyl sites for hydroxylation is 1. The van der Waals surface area contributed by atoms with E-state index >= 15 is 0 Å². The summed E-state index contributed by atoms with van der Waals surface area (Å²) in [6, 6.07) is 8.20. The third kappa shape index (κ3) is 3.33. The van der Waals surface area contributed by atoms with Gasteiger partial charge in [-0.05, 0) is 44.2 Å². The molecule has 0 saturated carbocycles. The molecule has 0 spiro atoms. The van der Waals surface area contributed by atoms with Crippen molar-refractivity contribution in [1.29, 1.82) is 0 Å². The van der Waals surface area contributed by atoms with Crippen molar-refractivity contribution in [2.45, 2.75) is 51.2 Å². The molecule has 3 heteroatoms. The summed E-state index contributed by atoms with van der Waals surface area (Å²) in [7, 11) is 0. The highest BCUT2D eigenvalue weighted by Gasteiger charge is 2.25. The molecule has 1 aliphatic carbocycles. The highest BCUT2D eigenvalue weighted by Crippen LogP contribution is 2.32. The van der Waals surface area contributed by atoms with Gasteiger partial charge in [-0.3, -0.25) is 4.79 Å². The first-order valence-corrected chi connectivity index (χ1v) is 6.52. The molecule has 0 aromatic heterocycles. The summed E-state index contributed by atoms with van der Waals surface area (Å²) in [5.74, 6) is -0.204. The van der Waals surface area contributed by atoms with Gasteiger partial charge in [-0.25, -0.2) is 0 Å². The van der Waals surface area contributed by atoms with Crippen LogP contribution in [-0.4, -0.2) is 11.5 Å². The van der Waals surface area contributed by atoms with E-state index in [0.717, 1.165) is 24.8 Å². The molecule has 1 unspecified atom stereocenters. The van der Waals surface area contributed by atoms with Gasteiger partial charge >= 0.3 is 5.97 Å². The lowest BCUT2D eigenvalue weighted by Crippen LogP contribution is -2.35. The molecule has 0 bridgehead atoms. The van der Waals surface area contributed by atoms with E-state index in [1.807, 2.05) is 26.0 Å². The maximum atomic E-state index is 11.8.